The summed E-state index contributed by atoms with van der Waals surface area (Å²) in [6.07, 6.45) is 1.71. The highest BCUT2D eigenvalue weighted by molar-refractivity contribution is 7.89. The first-order valence-electron chi connectivity index (χ1n) is 5.28. The third-order valence-electron chi connectivity index (χ3n) is 2.89. The Morgan fingerprint density at radius 3 is 2.44 bits per heavy atom. The Balaban J connectivity index is 2.40. The smallest absolute Gasteiger partial charge is 0.238 e. The zero-order chi connectivity index (χ0) is 11.6. The van der Waals surface area contributed by atoms with Gasteiger partial charge in [-0.1, -0.05) is 18.2 Å². The van der Waals surface area contributed by atoms with Gasteiger partial charge in [-0.15, -0.1) is 0 Å². The molecule has 0 unspecified atom stereocenters. The van der Waals surface area contributed by atoms with Gasteiger partial charge in [0.1, 0.15) is 0 Å². The summed E-state index contributed by atoms with van der Waals surface area (Å²) in [7, 11) is -3.62. The Morgan fingerprint density at radius 1 is 1.19 bits per heavy atom. The quantitative estimate of drug-likeness (QED) is 0.846. The first-order valence-corrected chi connectivity index (χ1v) is 6.83. The molecule has 2 N–H and O–H groups in total. The number of rotatable bonds is 2. The van der Waals surface area contributed by atoms with Gasteiger partial charge in [-0.05, 0) is 30.4 Å². The van der Waals surface area contributed by atoms with E-state index in [9.17, 15) is 8.42 Å². The highest BCUT2D eigenvalue weighted by Crippen LogP contribution is 2.30. The van der Waals surface area contributed by atoms with Crippen LogP contribution >= 0.6 is 0 Å². The van der Waals surface area contributed by atoms with Gasteiger partial charge in [0.15, 0.2) is 0 Å². The molecule has 0 saturated carbocycles. The van der Waals surface area contributed by atoms with E-state index >= 15 is 0 Å². The summed E-state index contributed by atoms with van der Waals surface area (Å²) in [4.78, 5) is 0.252. The Labute approximate surface area is 95.5 Å². The molecule has 0 atom stereocenters. The summed E-state index contributed by atoms with van der Waals surface area (Å²) in [6, 6.07) is 6.96. The minimum atomic E-state index is -3.62. The fourth-order valence-electron chi connectivity index (χ4n) is 2.09. The molecular weight excluding hydrogens is 226 g/mol. The third-order valence-corrected chi connectivity index (χ3v) is 3.87. The van der Waals surface area contributed by atoms with Gasteiger partial charge >= 0.3 is 0 Å². The molecule has 1 fully saturated rings. The predicted molar refractivity (Wildman–Crippen MR) is 60.6 cm³/mol. The van der Waals surface area contributed by atoms with E-state index in [4.69, 9.17) is 9.88 Å². The van der Waals surface area contributed by atoms with Crippen LogP contribution in [0.25, 0.3) is 0 Å². The standard InChI is InChI=1S/C11H15NO3S/c12-16(13,14)11-4-2-1-3-10(11)9-5-7-15-8-6-9/h1-4,9H,5-8H2,(H2,12,13,14). The van der Waals surface area contributed by atoms with Gasteiger partial charge in [-0.25, -0.2) is 13.6 Å². The van der Waals surface area contributed by atoms with Gasteiger partial charge in [0, 0.05) is 13.2 Å². The van der Waals surface area contributed by atoms with Crippen molar-refractivity contribution in [1.82, 2.24) is 0 Å². The van der Waals surface area contributed by atoms with Crippen molar-refractivity contribution in [2.24, 2.45) is 5.14 Å². The van der Waals surface area contributed by atoms with Crippen LogP contribution in [0.5, 0.6) is 0 Å². The van der Waals surface area contributed by atoms with Gasteiger partial charge in [0.05, 0.1) is 4.90 Å². The van der Waals surface area contributed by atoms with Crippen LogP contribution in [0, 0.1) is 0 Å². The van der Waals surface area contributed by atoms with Crippen molar-refractivity contribution >= 4 is 10.0 Å². The zero-order valence-corrected chi connectivity index (χ0v) is 9.74. The van der Waals surface area contributed by atoms with E-state index in [-0.39, 0.29) is 10.8 Å². The van der Waals surface area contributed by atoms with Crippen molar-refractivity contribution in [1.29, 1.82) is 0 Å². The zero-order valence-electron chi connectivity index (χ0n) is 8.93. The maximum Gasteiger partial charge on any atom is 0.238 e. The fourth-order valence-corrected chi connectivity index (χ4v) is 2.92. The molecule has 1 aliphatic heterocycles. The second kappa shape index (κ2) is 4.53. The van der Waals surface area contributed by atoms with Crippen molar-refractivity contribution in [2.45, 2.75) is 23.7 Å². The largest absolute Gasteiger partial charge is 0.381 e. The minimum absolute atomic E-state index is 0.239. The number of sulfonamides is 1. The lowest BCUT2D eigenvalue weighted by Crippen LogP contribution is -2.19. The molecule has 1 aliphatic rings. The van der Waals surface area contributed by atoms with Gasteiger partial charge < -0.3 is 4.74 Å². The lowest BCUT2D eigenvalue weighted by Gasteiger charge is -2.23. The summed E-state index contributed by atoms with van der Waals surface area (Å²) < 4.78 is 28.2. The van der Waals surface area contributed by atoms with E-state index in [0.29, 0.717) is 13.2 Å². The maximum atomic E-state index is 11.4. The lowest BCUT2D eigenvalue weighted by molar-refractivity contribution is 0.0848. The van der Waals surface area contributed by atoms with Crippen LogP contribution in [0.1, 0.15) is 24.3 Å². The van der Waals surface area contributed by atoms with Crippen molar-refractivity contribution in [2.75, 3.05) is 13.2 Å². The lowest BCUT2D eigenvalue weighted by atomic mass is 9.92. The number of primary sulfonamides is 1. The van der Waals surface area contributed by atoms with Gasteiger partial charge in [0.2, 0.25) is 10.0 Å². The molecule has 5 heteroatoms. The van der Waals surface area contributed by atoms with E-state index in [2.05, 4.69) is 0 Å². The average molecular weight is 241 g/mol. The average Bonchev–Trinajstić information content (AvgIpc) is 2.29. The summed E-state index contributed by atoms with van der Waals surface area (Å²) in [5.41, 5.74) is 0.827. The number of nitrogens with two attached hydrogens (primary N) is 1. The topological polar surface area (TPSA) is 69.4 Å². The molecule has 1 saturated heterocycles. The SMILES string of the molecule is NS(=O)(=O)c1ccccc1C1CCOCC1. The molecule has 4 nitrogen and oxygen atoms in total. The molecule has 0 radical (unpaired) electrons. The van der Waals surface area contributed by atoms with E-state index in [1.54, 1.807) is 12.1 Å². The molecule has 1 heterocycles. The maximum absolute atomic E-state index is 11.4. The van der Waals surface area contributed by atoms with Gasteiger partial charge in [-0.2, -0.15) is 0 Å². The van der Waals surface area contributed by atoms with Crippen LogP contribution in [0.4, 0.5) is 0 Å². The van der Waals surface area contributed by atoms with Crippen molar-refractivity contribution in [3.8, 4) is 0 Å². The van der Waals surface area contributed by atoms with Crippen LogP contribution in [0.15, 0.2) is 29.2 Å². The number of hydrogen-bond donors (Lipinski definition) is 1. The molecule has 88 valence electrons. The molecule has 0 bridgehead atoms. The first-order chi connectivity index (χ1) is 7.59. The van der Waals surface area contributed by atoms with Gasteiger partial charge in [0.25, 0.3) is 0 Å². The summed E-state index contributed by atoms with van der Waals surface area (Å²) in [5.74, 6) is 0.239. The molecule has 16 heavy (non-hydrogen) atoms. The van der Waals surface area contributed by atoms with Crippen LogP contribution in [-0.4, -0.2) is 21.6 Å². The first kappa shape index (κ1) is 11.6. The molecule has 0 aromatic heterocycles. The number of ether oxygens (including phenoxy) is 1. The van der Waals surface area contributed by atoms with Crippen LogP contribution in [-0.2, 0) is 14.8 Å². The Bertz CT molecular complexity index is 464. The normalized spacial score (nSPS) is 18.6. The van der Waals surface area contributed by atoms with Crippen molar-refractivity contribution in [3.05, 3.63) is 29.8 Å². The fraction of sp³-hybridized carbons (Fsp3) is 0.455. The molecule has 2 rings (SSSR count). The Morgan fingerprint density at radius 2 is 1.81 bits per heavy atom. The predicted octanol–water partition coefficient (Wildman–Crippen LogP) is 1.23. The summed E-state index contributed by atoms with van der Waals surface area (Å²) in [6.45, 7) is 1.37. The molecule has 0 amide bonds. The van der Waals surface area contributed by atoms with Gasteiger partial charge in [-0.3, -0.25) is 0 Å². The number of benzene rings is 1. The van der Waals surface area contributed by atoms with Crippen molar-refractivity contribution < 1.29 is 13.2 Å². The van der Waals surface area contributed by atoms with E-state index in [1.165, 1.54) is 0 Å². The second-order valence-electron chi connectivity index (χ2n) is 3.97. The summed E-state index contributed by atoms with van der Waals surface area (Å²) in [5, 5.41) is 5.21. The molecule has 1 aromatic rings. The van der Waals surface area contributed by atoms with E-state index < -0.39 is 10.0 Å². The van der Waals surface area contributed by atoms with Crippen molar-refractivity contribution in [3.63, 3.8) is 0 Å². The molecule has 1 aromatic carbocycles. The van der Waals surface area contributed by atoms with Crippen LogP contribution < -0.4 is 5.14 Å². The third kappa shape index (κ3) is 2.42. The number of hydrogen-bond acceptors (Lipinski definition) is 3. The second-order valence-corrected chi connectivity index (χ2v) is 5.50. The molecular formula is C11H15NO3S. The minimum Gasteiger partial charge on any atom is -0.381 e. The molecule has 0 aliphatic carbocycles. The Hall–Kier alpha value is -0.910. The summed E-state index contributed by atoms with van der Waals surface area (Å²) >= 11 is 0. The highest BCUT2D eigenvalue weighted by atomic mass is 32.2. The van der Waals surface area contributed by atoms with Crippen LogP contribution in [0.2, 0.25) is 0 Å². The van der Waals surface area contributed by atoms with Crippen LogP contribution in [0.3, 0.4) is 0 Å². The van der Waals surface area contributed by atoms with E-state index in [1.807, 2.05) is 12.1 Å². The molecule has 0 spiro atoms. The highest BCUT2D eigenvalue weighted by Gasteiger charge is 2.22. The Kier molecular flexibility index (Phi) is 3.28. The monoisotopic (exact) mass is 241 g/mol. The van der Waals surface area contributed by atoms with E-state index in [0.717, 1.165) is 18.4 Å².